The molecule has 0 aromatic heterocycles. The molecular formula is C12H22O4. The van der Waals surface area contributed by atoms with Crippen LogP contribution in [0, 0.1) is 0 Å². The van der Waals surface area contributed by atoms with Crippen LogP contribution < -0.4 is 0 Å². The van der Waals surface area contributed by atoms with E-state index in [0.29, 0.717) is 6.61 Å². The van der Waals surface area contributed by atoms with Gasteiger partial charge in [0.05, 0.1) is 18.8 Å². The topological polar surface area (TPSA) is 36.9 Å². The van der Waals surface area contributed by atoms with Gasteiger partial charge in [0.15, 0.2) is 0 Å². The zero-order valence-electron chi connectivity index (χ0n) is 10.5. The maximum atomic E-state index is 5.75. The molecule has 1 unspecified atom stereocenters. The first kappa shape index (κ1) is 13.6. The quantitative estimate of drug-likeness (QED) is 0.669. The van der Waals surface area contributed by atoms with Crippen molar-refractivity contribution in [2.75, 3.05) is 20.8 Å². The Kier molecular flexibility index (Phi) is 5.41. The second kappa shape index (κ2) is 6.35. The van der Waals surface area contributed by atoms with Gasteiger partial charge in [0.25, 0.3) is 0 Å². The molecular weight excluding hydrogens is 208 g/mol. The average Bonchev–Trinajstić information content (AvgIpc) is 2.26. The van der Waals surface area contributed by atoms with Crippen LogP contribution in [0.4, 0.5) is 0 Å². The highest BCUT2D eigenvalue weighted by Crippen LogP contribution is 2.26. The van der Waals surface area contributed by atoms with E-state index in [1.807, 2.05) is 13.8 Å². The van der Waals surface area contributed by atoms with Gasteiger partial charge in [0.1, 0.15) is 18.3 Å². The fourth-order valence-corrected chi connectivity index (χ4v) is 2.23. The van der Waals surface area contributed by atoms with Crippen LogP contribution in [0.2, 0.25) is 0 Å². The van der Waals surface area contributed by atoms with Gasteiger partial charge in [-0.15, -0.1) is 6.58 Å². The van der Waals surface area contributed by atoms with E-state index in [9.17, 15) is 0 Å². The van der Waals surface area contributed by atoms with Crippen molar-refractivity contribution in [1.29, 1.82) is 0 Å². The smallest absolute Gasteiger partial charge is 0.115 e. The Morgan fingerprint density at radius 1 is 1.06 bits per heavy atom. The van der Waals surface area contributed by atoms with Gasteiger partial charge in [0, 0.05) is 14.2 Å². The molecule has 0 radical (unpaired) electrons. The summed E-state index contributed by atoms with van der Waals surface area (Å²) in [7, 11) is 3.33. The lowest BCUT2D eigenvalue weighted by molar-refractivity contribution is -0.237. The molecule has 5 atom stereocenters. The monoisotopic (exact) mass is 230 g/mol. The van der Waals surface area contributed by atoms with Crippen LogP contribution in [-0.2, 0) is 18.9 Å². The third-order valence-corrected chi connectivity index (χ3v) is 2.95. The maximum Gasteiger partial charge on any atom is 0.115 e. The molecule has 0 saturated carbocycles. The van der Waals surface area contributed by atoms with Crippen molar-refractivity contribution in [3.63, 3.8) is 0 Å². The molecule has 0 aromatic rings. The molecule has 0 bridgehead atoms. The molecule has 1 rings (SSSR count). The van der Waals surface area contributed by atoms with Crippen LogP contribution >= 0.6 is 0 Å². The van der Waals surface area contributed by atoms with E-state index in [4.69, 9.17) is 18.9 Å². The summed E-state index contributed by atoms with van der Waals surface area (Å²) in [6.07, 6.45) is 1.39. The van der Waals surface area contributed by atoms with E-state index in [2.05, 4.69) is 6.58 Å². The van der Waals surface area contributed by atoms with E-state index >= 15 is 0 Å². The largest absolute Gasteiger partial charge is 0.376 e. The van der Waals surface area contributed by atoms with Gasteiger partial charge in [-0.25, -0.2) is 0 Å². The van der Waals surface area contributed by atoms with Crippen molar-refractivity contribution in [2.45, 2.75) is 44.4 Å². The molecule has 94 valence electrons. The van der Waals surface area contributed by atoms with E-state index in [-0.39, 0.29) is 30.5 Å². The van der Waals surface area contributed by atoms with Gasteiger partial charge in [-0.1, -0.05) is 6.08 Å². The Morgan fingerprint density at radius 2 is 1.56 bits per heavy atom. The fourth-order valence-electron chi connectivity index (χ4n) is 2.23. The van der Waals surface area contributed by atoms with Crippen LogP contribution in [0.15, 0.2) is 12.7 Å². The molecule has 0 spiro atoms. The molecule has 1 aliphatic heterocycles. The normalized spacial score (nSPS) is 39.6. The van der Waals surface area contributed by atoms with Gasteiger partial charge in [-0.05, 0) is 13.8 Å². The predicted molar refractivity (Wildman–Crippen MR) is 61.5 cm³/mol. The predicted octanol–water partition coefficient (Wildman–Crippen LogP) is 1.39. The lowest BCUT2D eigenvalue weighted by Gasteiger charge is -2.43. The summed E-state index contributed by atoms with van der Waals surface area (Å²) in [4.78, 5) is 0. The molecule has 0 N–H and O–H groups in total. The summed E-state index contributed by atoms with van der Waals surface area (Å²) < 4.78 is 22.3. The van der Waals surface area contributed by atoms with Crippen LogP contribution in [0.1, 0.15) is 13.8 Å². The van der Waals surface area contributed by atoms with Gasteiger partial charge < -0.3 is 18.9 Å². The van der Waals surface area contributed by atoms with Gasteiger partial charge in [-0.2, -0.15) is 0 Å². The standard InChI is InChI=1S/C12H22O4/c1-6-7-15-12-10(13-4)8(2)16-9(3)11(12)14-5/h6,8-12H,1,7H2,2-5H3/t8-,9?,10-,11-,12-/m0/s1. The van der Waals surface area contributed by atoms with Gasteiger partial charge in [-0.3, -0.25) is 0 Å². The average molecular weight is 230 g/mol. The van der Waals surface area contributed by atoms with Crippen molar-refractivity contribution in [3.8, 4) is 0 Å². The summed E-state index contributed by atoms with van der Waals surface area (Å²) in [5.74, 6) is 0. The first-order valence-corrected chi connectivity index (χ1v) is 5.59. The van der Waals surface area contributed by atoms with Crippen molar-refractivity contribution < 1.29 is 18.9 Å². The minimum absolute atomic E-state index is 0.00113. The number of methoxy groups -OCH3 is 2. The van der Waals surface area contributed by atoms with Crippen molar-refractivity contribution in [1.82, 2.24) is 0 Å². The lowest BCUT2D eigenvalue weighted by atomic mass is 9.96. The highest BCUT2D eigenvalue weighted by atomic mass is 16.6. The molecule has 1 fully saturated rings. The molecule has 0 amide bonds. The number of ether oxygens (including phenoxy) is 4. The minimum Gasteiger partial charge on any atom is -0.376 e. The van der Waals surface area contributed by atoms with E-state index < -0.39 is 0 Å². The van der Waals surface area contributed by atoms with Crippen molar-refractivity contribution in [3.05, 3.63) is 12.7 Å². The first-order valence-electron chi connectivity index (χ1n) is 5.59. The van der Waals surface area contributed by atoms with Crippen LogP contribution in [0.5, 0.6) is 0 Å². The summed E-state index contributed by atoms with van der Waals surface area (Å²) in [6, 6.07) is 0. The van der Waals surface area contributed by atoms with Gasteiger partial charge in [0.2, 0.25) is 0 Å². The van der Waals surface area contributed by atoms with Gasteiger partial charge >= 0.3 is 0 Å². The molecule has 16 heavy (non-hydrogen) atoms. The highest BCUT2D eigenvalue weighted by molar-refractivity contribution is 4.92. The minimum atomic E-state index is -0.119. The van der Waals surface area contributed by atoms with Crippen LogP contribution in [-0.4, -0.2) is 51.3 Å². The SMILES string of the molecule is C=CCO[C@H]1[C@@H](OC)[C@H](C)OC(C)[C@@H]1OC. The molecule has 1 saturated heterocycles. The fraction of sp³-hybridized carbons (Fsp3) is 0.833. The summed E-state index contributed by atoms with van der Waals surface area (Å²) >= 11 is 0. The summed E-state index contributed by atoms with van der Waals surface area (Å²) in [5.41, 5.74) is 0. The maximum absolute atomic E-state index is 5.75. The van der Waals surface area contributed by atoms with Crippen LogP contribution in [0.3, 0.4) is 0 Å². The lowest BCUT2D eigenvalue weighted by Crippen LogP contribution is -2.58. The third kappa shape index (κ3) is 2.83. The molecule has 4 nitrogen and oxygen atoms in total. The molecule has 1 aliphatic rings. The van der Waals surface area contributed by atoms with E-state index in [1.54, 1.807) is 20.3 Å². The van der Waals surface area contributed by atoms with Crippen molar-refractivity contribution in [2.24, 2.45) is 0 Å². The van der Waals surface area contributed by atoms with E-state index in [1.165, 1.54) is 0 Å². The second-order valence-corrected chi connectivity index (χ2v) is 4.03. The zero-order valence-corrected chi connectivity index (χ0v) is 10.5. The number of hydrogen-bond donors (Lipinski definition) is 0. The number of rotatable bonds is 5. The Morgan fingerprint density at radius 3 is 1.94 bits per heavy atom. The Bertz CT molecular complexity index is 203. The van der Waals surface area contributed by atoms with E-state index in [0.717, 1.165) is 0 Å². The third-order valence-electron chi connectivity index (χ3n) is 2.95. The Hall–Kier alpha value is -0.420. The first-order chi connectivity index (χ1) is 7.65. The van der Waals surface area contributed by atoms with Crippen LogP contribution in [0.25, 0.3) is 0 Å². The Labute approximate surface area is 97.5 Å². The molecule has 4 heteroatoms. The molecule has 0 aromatic carbocycles. The summed E-state index contributed by atoms with van der Waals surface area (Å²) in [6.45, 7) is 8.11. The zero-order chi connectivity index (χ0) is 12.1. The summed E-state index contributed by atoms with van der Waals surface area (Å²) in [5, 5.41) is 0. The van der Waals surface area contributed by atoms with Crippen molar-refractivity contribution >= 4 is 0 Å². The molecule has 0 aliphatic carbocycles. The highest BCUT2D eigenvalue weighted by Gasteiger charge is 2.43. The number of hydrogen-bond acceptors (Lipinski definition) is 4. The second-order valence-electron chi connectivity index (χ2n) is 4.03. The Balaban J connectivity index is 2.76. The molecule has 1 heterocycles.